The fourth-order valence-electron chi connectivity index (χ4n) is 1.69. The van der Waals surface area contributed by atoms with Gasteiger partial charge >= 0.3 is 0 Å². The molecule has 6 nitrogen and oxygen atoms in total. The molecule has 0 aliphatic heterocycles. The molecular formula is C13H9BrClN3O3. The van der Waals surface area contributed by atoms with Crippen LogP contribution in [0.25, 0.3) is 0 Å². The molecule has 2 aromatic rings. The molecule has 0 saturated heterocycles. The number of nitro benzene ring substituents is 1. The summed E-state index contributed by atoms with van der Waals surface area (Å²) in [6, 6.07) is 8.74. The van der Waals surface area contributed by atoms with Crippen LogP contribution in [-0.4, -0.2) is 10.8 Å². The second-order valence-corrected chi connectivity index (χ2v) is 5.46. The highest BCUT2D eigenvalue weighted by Crippen LogP contribution is 2.29. The number of nitrogens with one attached hydrogen (secondary N) is 1. The Morgan fingerprint density at radius 1 is 1.29 bits per heavy atom. The minimum Gasteiger partial charge on any atom is -0.398 e. The summed E-state index contributed by atoms with van der Waals surface area (Å²) in [7, 11) is 0. The Labute approximate surface area is 133 Å². The van der Waals surface area contributed by atoms with Gasteiger partial charge in [-0.25, -0.2) is 0 Å². The Morgan fingerprint density at radius 3 is 2.62 bits per heavy atom. The van der Waals surface area contributed by atoms with Crippen LogP contribution in [0.5, 0.6) is 0 Å². The van der Waals surface area contributed by atoms with Crippen molar-refractivity contribution >= 4 is 50.5 Å². The lowest BCUT2D eigenvalue weighted by Gasteiger charge is -2.08. The van der Waals surface area contributed by atoms with E-state index < -0.39 is 10.8 Å². The van der Waals surface area contributed by atoms with Gasteiger partial charge in [0.15, 0.2) is 0 Å². The van der Waals surface area contributed by atoms with Crippen LogP contribution in [0, 0.1) is 10.1 Å². The predicted molar refractivity (Wildman–Crippen MR) is 84.6 cm³/mol. The zero-order valence-corrected chi connectivity index (χ0v) is 12.8. The highest BCUT2D eigenvalue weighted by Gasteiger charge is 2.18. The van der Waals surface area contributed by atoms with Crippen molar-refractivity contribution in [2.75, 3.05) is 11.1 Å². The lowest BCUT2D eigenvalue weighted by Crippen LogP contribution is -2.15. The lowest BCUT2D eigenvalue weighted by molar-refractivity contribution is -0.384. The number of benzene rings is 2. The number of nitrogens with two attached hydrogens (primary N) is 1. The molecule has 0 fully saturated rings. The summed E-state index contributed by atoms with van der Waals surface area (Å²) in [5, 5.41) is 13.9. The third kappa shape index (κ3) is 3.50. The van der Waals surface area contributed by atoms with Crippen molar-refractivity contribution in [2.45, 2.75) is 0 Å². The minimum absolute atomic E-state index is 0.0857. The first-order valence-electron chi connectivity index (χ1n) is 5.69. The lowest BCUT2D eigenvalue weighted by atomic mass is 10.1. The molecule has 2 rings (SSSR count). The molecule has 0 bridgehead atoms. The van der Waals surface area contributed by atoms with E-state index in [0.717, 1.165) is 0 Å². The quantitative estimate of drug-likeness (QED) is 0.487. The number of carbonyl (C=O) groups is 1. The summed E-state index contributed by atoms with van der Waals surface area (Å²) in [6.07, 6.45) is 0. The van der Waals surface area contributed by atoms with E-state index in [1.807, 2.05) is 0 Å². The van der Waals surface area contributed by atoms with Crippen molar-refractivity contribution in [3.05, 3.63) is 61.6 Å². The van der Waals surface area contributed by atoms with E-state index in [1.165, 1.54) is 30.3 Å². The van der Waals surface area contributed by atoms with E-state index in [-0.39, 0.29) is 22.6 Å². The predicted octanol–water partition coefficient (Wildman–Crippen LogP) is 3.85. The molecule has 0 heterocycles. The molecule has 0 radical (unpaired) electrons. The van der Waals surface area contributed by atoms with Crippen molar-refractivity contribution < 1.29 is 9.72 Å². The van der Waals surface area contributed by atoms with Crippen LogP contribution in [0.4, 0.5) is 17.1 Å². The van der Waals surface area contributed by atoms with Crippen LogP contribution in [0.3, 0.4) is 0 Å². The van der Waals surface area contributed by atoms with Crippen molar-refractivity contribution in [1.82, 2.24) is 0 Å². The van der Waals surface area contributed by atoms with Gasteiger partial charge < -0.3 is 11.1 Å². The summed E-state index contributed by atoms with van der Waals surface area (Å²) in [6.45, 7) is 0. The molecule has 1 amide bonds. The Hall–Kier alpha value is -2.12. The van der Waals surface area contributed by atoms with E-state index in [2.05, 4.69) is 21.2 Å². The number of halogens is 2. The van der Waals surface area contributed by atoms with Gasteiger partial charge in [-0.05, 0) is 30.3 Å². The summed E-state index contributed by atoms with van der Waals surface area (Å²) < 4.78 is 0.540. The molecule has 0 aliphatic carbocycles. The number of nitro groups is 1. The first kappa shape index (κ1) is 15.3. The van der Waals surface area contributed by atoms with Crippen LogP contribution >= 0.6 is 27.5 Å². The van der Waals surface area contributed by atoms with Gasteiger partial charge in [0.25, 0.3) is 11.6 Å². The topological polar surface area (TPSA) is 98.3 Å². The van der Waals surface area contributed by atoms with Crippen LogP contribution < -0.4 is 11.1 Å². The Balaban J connectivity index is 2.34. The van der Waals surface area contributed by atoms with Gasteiger partial charge in [0, 0.05) is 21.2 Å². The SMILES string of the molecule is Nc1cc(Cl)ccc1C(=O)Nc1ccc(Br)cc1[N+](=O)[O-]. The van der Waals surface area contributed by atoms with Crippen LogP contribution in [0.15, 0.2) is 40.9 Å². The summed E-state index contributed by atoms with van der Waals surface area (Å²) in [5.41, 5.74) is 5.97. The molecule has 8 heteroatoms. The molecular weight excluding hydrogens is 362 g/mol. The summed E-state index contributed by atoms with van der Waals surface area (Å²) in [4.78, 5) is 22.6. The number of amides is 1. The average molecular weight is 371 g/mol. The van der Waals surface area contributed by atoms with Gasteiger partial charge in [-0.2, -0.15) is 0 Å². The minimum atomic E-state index is -0.578. The first-order valence-corrected chi connectivity index (χ1v) is 6.86. The third-order valence-corrected chi connectivity index (χ3v) is 3.39. The highest BCUT2D eigenvalue weighted by atomic mass is 79.9. The molecule has 0 atom stereocenters. The van der Waals surface area contributed by atoms with Crippen LogP contribution in [0.2, 0.25) is 5.02 Å². The van der Waals surface area contributed by atoms with Gasteiger partial charge in [-0.1, -0.05) is 27.5 Å². The molecule has 0 saturated carbocycles. The number of rotatable bonds is 3. The van der Waals surface area contributed by atoms with E-state index in [4.69, 9.17) is 17.3 Å². The smallest absolute Gasteiger partial charge is 0.293 e. The molecule has 0 aromatic heterocycles. The zero-order valence-electron chi connectivity index (χ0n) is 10.5. The Kier molecular flexibility index (Phi) is 4.44. The molecule has 3 N–H and O–H groups in total. The van der Waals surface area contributed by atoms with Crippen molar-refractivity contribution in [2.24, 2.45) is 0 Å². The zero-order chi connectivity index (χ0) is 15.6. The molecule has 21 heavy (non-hydrogen) atoms. The van der Waals surface area contributed by atoms with E-state index >= 15 is 0 Å². The number of hydrogen-bond donors (Lipinski definition) is 2. The molecule has 2 aromatic carbocycles. The van der Waals surface area contributed by atoms with Crippen LogP contribution in [-0.2, 0) is 0 Å². The van der Waals surface area contributed by atoms with E-state index in [0.29, 0.717) is 9.50 Å². The maximum absolute atomic E-state index is 12.1. The maximum atomic E-state index is 12.1. The van der Waals surface area contributed by atoms with Gasteiger partial charge in [0.05, 0.1) is 10.5 Å². The Bertz CT molecular complexity index is 737. The molecule has 108 valence electrons. The largest absolute Gasteiger partial charge is 0.398 e. The fraction of sp³-hybridized carbons (Fsp3) is 0. The number of anilines is 2. The Morgan fingerprint density at radius 2 is 2.00 bits per heavy atom. The van der Waals surface area contributed by atoms with E-state index in [1.54, 1.807) is 6.07 Å². The second-order valence-electron chi connectivity index (χ2n) is 4.10. The van der Waals surface area contributed by atoms with Crippen molar-refractivity contribution in [3.8, 4) is 0 Å². The fourth-order valence-corrected chi connectivity index (χ4v) is 2.22. The number of carbonyl (C=O) groups excluding carboxylic acids is 1. The van der Waals surface area contributed by atoms with Gasteiger partial charge in [0.2, 0.25) is 0 Å². The maximum Gasteiger partial charge on any atom is 0.293 e. The number of nitrogen functional groups attached to an aromatic ring is 1. The van der Waals surface area contributed by atoms with Gasteiger partial charge in [-0.15, -0.1) is 0 Å². The summed E-state index contributed by atoms with van der Waals surface area (Å²) >= 11 is 8.90. The van der Waals surface area contributed by atoms with E-state index in [9.17, 15) is 14.9 Å². The summed E-state index contributed by atoms with van der Waals surface area (Å²) in [5.74, 6) is -0.547. The normalized spacial score (nSPS) is 10.2. The molecule has 0 spiro atoms. The first-order chi connectivity index (χ1) is 9.88. The van der Waals surface area contributed by atoms with Crippen molar-refractivity contribution in [1.29, 1.82) is 0 Å². The number of nitrogens with zero attached hydrogens (tertiary/aromatic N) is 1. The molecule has 0 unspecified atom stereocenters. The number of hydrogen-bond acceptors (Lipinski definition) is 4. The van der Waals surface area contributed by atoms with Gasteiger partial charge in [0.1, 0.15) is 5.69 Å². The van der Waals surface area contributed by atoms with Crippen molar-refractivity contribution in [3.63, 3.8) is 0 Å². The monoisotopic (exact) mass is 369 g/mol. The molecule has 0 aliphatic rings. The van der Waals surface area contributed by atoms with Gasteiger partial charge in [-0.3, -0.25) is 14.9 Å². The highest BCUT2D eigenvalue weighted by molar-refractivity contribution is 9.10. The average Bonchev–Trinajstić information content (AvgIpc) is 2.40. The second kappa shape index (κ2) is 6.11. The standard InChI is InChI=1S/C13H9BrClN3O3/c14-7-1-4-11(12(5-7)18(20)21)17-13(19)9-3-2-8(15)6-10(9)16/h1-6H,16H2,(H,17,19). The van der Waals surface area contributed by atoms with Crippen LogP contribution in [0.1, 0.15) is 10.4 Å². The third-order valence-electron chi connectivity index (χ3n) is 2.66.